The molecule has 3 amide bonds. The minimum Gasteiger partial charge on any atom is -0.374 e. The van der Waals surface area contributed by atoms with Crippen molar-refractivity contribution in [3.8, 4) is 0 Å². The molecular formula is C16H21N3O5. The highest BCUT2D eigenvalue weighted by Crippen LogP contribution is 2.30. The van der Waals surface area contributed by atoms with Crippen LogP contribution in [0.25, 0.3) is 0 Å². The molecule has 0 aliphatic carbocycles. The van der Waals surface area contributed by atoms with Gasteiger partial charge in [0.05, 0.1) is 23.7 Å². The summed E-state index contributed by atoms with van der Waals surface area (Å²) in [4.78, 5) is 36.3. The number of nitrogens with one attached hydrogen (secondary N) is 1. The van der Waals surface area contributed by atoms with E-state index in [-0.39, 0.29) is 24.4 Å². The van der Waals surface area contributed by atoms with Crippen molar-refractivity contribution in [3.63, 3.8) is 0 Å². The van der Waals surface area contributed by atoms with Gasteiger partial charge in [-0.1, -0.05) is 12.1 Å². The van der Waals surface area contributed by atoms with Crippen LogP contribution in [0.2, 0.25) is 0 Å². The minimum atomic E-state index is -1.33. The molecule has 0 unspecified atom stereocenters. The van der Waals surface area contributed by atoms with Crippen molar-refractivity contribution in [1.29, 1.82) is 0 Å². The van der Waals surface area contributed by atoms with E-state index in [1.165, 1.54) is 25.1 Å². The molecule has 0 bridgehead atoms. The molecule has 0 saturated carbocycles. The third-order valence-corrected chi connectivity index (χ3v) is 3.76. The molecule has 0 spiro atoms. The van der Waals surface area contributed by atoms with Crippen LogP contribution in [0.15, 0.2) is 24.3 Å². The molecule has 8 heteroatoms. The van der Waals surface area contributed by atoms with E-state index in [1.54, 1.807) is 6.07 Å². The summed E-state index contributed by atoms with van der Waals surface area (Å²) in [6.07, 6.45) is 0. The number of hydrogen-bond donors (Lipinski definition) is 1. The largest absolute Gasteiger partial charge is 0.374 e. The first-order valence-electron chi connectivity index (χ1n) is 7.57. The number of non-ortho nitro benzene ring substituents is 1. The number of rotatable bonds is 5. The Morgan fingerprint density at radius 3 is 2.58 bits per heavy atom. The lowest BCUT2D eigenvalue weighted by Crippen LogP contribution is -2.41. The Morgan fingerprint density at radius 2 is 2.00 bits per heavy atom. The summed E-state index contributed by atoms with van der Waals surface area (Å²) < 4.78 is 5.55. The highest BCUT2D eigenvalue weighted by Gasteiger charge is 2.49. The first-order valence-corrected chi connectivity index (χ1v) is 7.57. The van der Waals surface area contributed by atoms with Crippen LogP contribution >= 0.6 is 0 Å². The summed E-state index contributed by atoms with van der Waals surface area (Å²) in [6.45, 7) is 7.52. The highest BCUT2D eigenvalue weighted by molar-refractivity contribution is 6.07. The van der Waals surface area contributed by atoms with Crippen LogP contribution in [-0.4, -0.2) is 40.5 Å². The zero-order chi connectivity index (χ0) is 18.1. The van der Waals surface area contributed by atoms with E-state index in [9.17, 15) is 19.7 Å². The number of nitrogens with zero attached hydrogens (tertiary/aromatic N) is 2. The number of carbonyl (C=O) groups excluding carboxylic acids is 2. The summed E-state index contributed by atoms with van der Waals surface area (Å²) in [7, 11) is 0. The van der Waals surface area contributed by atoms with E-state index >= 15 is 0 Å². The van der Waals surface area contributed by atoms with E-state index in [0.717, 1.165) is 4.90 Å². The number of nitro benzene ring substituents is 1. The maximum atomic E-state index is 12.7. The van der Waals surface area contributed by atoms with Crippen LogP contribution in [0, 0.1) is 10.1 Å². The summed E-state index contributed by atoms with van der Waals surface area (Å²) >= 11 is 0. The Morgan fingerprint density at radius 1 is 1.33 bits per heavy atom. The molecule has 24 heavy (non-hydrogen) atoms. The van der Waals surface area contributed by atoms with Crippen molar-refractivity contribution in [2.24, 2.45) is 0 Å². The smallest absolute Gasteiger partial charge is 0.325 e. The van der Waals surface area contributed by atoms with Crippen molar-refractivity contribution >= 4 is 17.6 Å². The zero-order valence-electron chi connectivity index (χ0n) is 14.2. The van der Waals surface area contributed by atoms with Gasteiger partial charge in [-0.2, -0.15) is 0 Å². The molecule has 130 valence electrons. The van der Waals surface area contributed by atoms with Gasteiger partial charge in [0.1, 0.15) is 5.54 Å². The van der Waals surface area contributed by atoms with Gasteiger partial charge in [0.15, 0.2) is 0 Å². The van der Waals surface area contributed by atoms with Gasteiger partial charge in [0, 0.05) is 12.1 Å². The molecule has 1 atom stereocenters. The molecule has 2 rings (SSSR count). The SMILES string of the molecule is CC(C)(C)OCCN1C(=O)N[C@](C)(c2cccc([N+](=O)[O-])c2)C1=O. The number of ether oxygens (including phenoxy) is 1. The predicted molar refractivity (Wildman–Crippen MR) is 86.4 cm³/mol. The quantitative estimate of drug-likeness (QED) is 0.505. The van der Waals surface area contributed by atoms with Gasteiger partial charge < -0.3 is 10.1 Å². The van der Waals surface area contributed by atoms with Gasteiger partial charge in [-0.05, 0) is 33.3 Å². The van der Waals surface area contributed by atoms with Gasteiger partial charge in [0.25, 0.3) is 11.6 Å². The van der Waals surface area contributed by atoms with E-state index in [0.29, 0.717) is 5.56 Å². The molecular weight excluding hydrogens is 314 g/mol. The lowest BCUT2D eigenvalue weighted by molar-refractivity contribution is -0.385. The molecule has 1 aliphatic heterocycles. The van der Waals surface area contributed by atoms with Crippen molar-refractivity contribution in [1.82, 2.24) is 10.2 Å². The summed E-state index contributed by atoms with van der Waals surface area (Å²) in [5, 5.41) is 13.5. The summed E-state index contributed by atoms with van der Waals surface area (Å²) in [5.41, 5.74) is -1.47. The molecule has 1 fully saturated rings. The van der Waals surface area contributed by atoms with Crippen LogP contribution < -0.4 is 5.32 Å². The molecule has 1 N–H and O–H groups in total. The summed E-state index contributed by atoms with van der Waals surface area (Å²) in [5.74, 6) is -0.453. The Balaban J connectivity index is 2.20. The van der Waals surface area contributed by atoms with E-state index < -0.39 is 22.4 Å². The Labute approximate surface area is 139 Å². The fourth-order valence-corrected chi connectivity index (χ4v) is 2.47. The molecule has 1 aliphatic rings. The molecule has 8 nitrogen and oxygen atoms in total. The number of imide groups is 1. The molecule has 1 heterocycles. The van der Waals surface area contributed by atoms with Crippen molar-refractivity contribution in [2.45, 2.75) is 38.8 Å². The maximum Gasteiger partial charge on any atom is 0.325 e. The molecule has 1 aromatic carbocycles. The molecule has 1 saturated heterocycles. The molecule has 1 aromatic rings. The average Bonchev–Trinajstić information content (AvgIpc) is 2.70. The van der Waals surface area contributed by atoms with Crippen LogP contribution in [0.3, 0.4) is 0 Å². The topological polar surface area (TPSA) is 102 Å². The predicted octanol–water partition coefficient (Wildman–Crippen LogP) is 2.18. The van der Waals surface area contributed by atoms with Gasteiger partial charge in [0.2, 0.25) is 0 Å². The molecule has 0 radical (unpaired) electrons. The molecule has 0 aromatic heterocycles. The number of urea groups is 1. The monoisotopic (exact) mass is 335 g/mol. The highest BCUT2D eigenvalue weighted by atomic mass is 16.6. The van der Waals surface area contributed by atoms with Crippen LogP contribution in [-0.2, 0) is 15.1 Å². The number of nitro groups is 1. The second kappa shape index (κ2) is 6.20. The van der Waals surface area contributed by atoms with Crippen LogP contribution in [0.1, 0.15) is 33.3 Å². The van der Waals surface area contributed by atoms with Gasteiger partial charge in [-0.15, -0.1) is 0 Å². The van der Waals surface area contributed by atoms with Crippen LogP contribution in [0.4, 0.5) is 10.5 Å². The minimum absolute atomic E-state index is 0.118. The number of hydrogen-bond acceptors (Lipinski definition) is 5. The number of benzene rings is 1. The maximum absolute atomic E-state index is 12.7. The van der Waals surface area contributed by atoms with Gasteiger partial charge >= 0.3 is 6.03 Å². The average molecular weight is 335 g/mol. The van der Waals surface area contributed by atoms with Crippen molar-refractivity contribution in [3.05, 3.63) is 39.9 Å². The van der Waals surface area contributed by atoms with E-state index in [1.807, 2.05) is 20.8 Å². The second-order valence-corrected chi connectivity index (χ2v) is 6.78. The lowest BCUT2D eigenvalue weighted by Gasteiger charge is -2.23. The van der Waals surface area contributed by atoms with Gasteiger partial charge in [-0.3, -0.25) is 19.8 Å². The van der Waals surface area contributed by atoms with Crippen molar-refractivity contribution < 1.29 is 19.2 Å². The lowest BCUT2D eigenvalue weighted by atomic mass is 9.91. The fraction of sp³-hybridized carbons (Fsp3) is 0.500. The first-order chi connectivity index (χ1) is 11.0. The third kappa shape index (κ3) is 3.53. The van der Waals surface area contributed by atoms with E-state index in [2.05, 4.69) is 5.32 Å². The number of amides is 3. The van der Waals surface area contributed by atoms with Crippen molar-refractivity contribution in [2.75, 3.05) is 13.2 Å². The Kier molecular flexibility index (Phi) is 4.61. The van der Waals surface area contributed by atoms with Crippen LogP contribution in [0.5, 0.6) is 0 Å². The third-order valence-electron chi connectivity index (χ3n) is 3.76. The first kappa shape index (κ1) is 17.9. The number of carbonyl (C=O) groups is 2. The second-order valence-electron chi connectivity index (χ2n) is 6.78. The van der Waals surface area contributed by atoms with Gasteiger partial charge in [-0.25, -0.2) is 4.79 Å². The summed E-state index contributed by atoms with van der Waals surface area (Å²) in [6, 6.07) is 5.17. The standard InChI is InChI=1S/C16H21N3O5/c1-15(2,3)24-9-8-18-13(20)16(4,17-14(18)21)11-6-5-7-12(10-11)19(22)23/h5-7,10H,8-9H2,1-4H3,(H,17,21)/t16-/m1/s1. The normalized spacial score (nSPS) is 21.1. The Bertz CT molecular complexity index is 683. The fourth-order valence-electron chi connectivity index (χ4n) is 2.47. The zero-order valence-corrected chi connectivity index (χ0v) is 14.2. The van der Waals surface area contributed by atoms with E-state index in [4.69, 9.17) is 4.74 Å². The Hall–Kier alpha value is -2.48.